The van der Waals surface area contributed by atoms with Crippen LogP contribution in [0.5, 0.6) is 0 Å². The number of thiophene rings is 1. The van der Waals surface area contributed by atoms with Crippen LogP contribution in [-0.4, -0.2) is 39.8 Å². The van der Waals surface area contributed by atoms with E-state index in [-0.39, 0.29) is 24.0 Å². The smallest absolute Gasteiger partial charge is 0.191 e. The molecular weight excluding hydrogens is 361 g/mol. The SMILES string of the molecule is CN=C(NCCOC)NCC(C)c1cccs1.I. The quantitative estimate of drug-likeness (QED) is 0.343. The van der Waals surface area contributed by atoms with E-state index in [2.05, 4.69) is 40.1 Å². The summed E-state index contributed by atoms with van der Waals surface area (Å²) in [7, 11) is 3.47. The van der Waals surface area contributed by atoms with Crippen LogP contribution in [0.4, 0.5) is 0 Å². The number of nitrogens with one attached hydrogen (secondary N) is 2. The Morgan fingerprint density at radius 2 is 2.28 bits per heavy atom. The average Bonchev–Trinajstić information content (AvgIpc) is 2.87. The fraction of sp³-hybridized carbons (Fsp3) is 0.583. The van der Waals surface area contributed by atoms with Gasteiger partial charge in [0.05, 0.1) is 6.61 Å². The van der Waals surface area contributed by atoms with Crippen molar-refractivity contribution in [2.24, 2.45) is 4.99 Å². The molecule has 1 unspecified atom stereocenters. The first-order valence-corrected chi connectivity index (χ1v) is 6.62. The summed E-state index contributed by atoms with van der Waals surface area (Å²) in [6, 6.07) is 4.25. The molecule has 0 saturated heterocycles. The number of halogens is 1. The summed E-state index contributed by atoms with van der Waals surface area (Å²) in [5.41, 5.74) is 0. The zero-order valence-electron chi connectivity index (χ0n) is 11.1. The topological polar surface area (TPSA) is 45.7 Å². The molecule has 0 fully saturated rings. The van der Waals surface area contributed by atoms with Gasteiger partial charge in [-0.25, -0.2) is 0 Å². The van der Waals surface area contributed by atoms with Gasteiger partial charge in [0.2, 0.25) is 0 Å². The van der Waals surface area contributed by atoms with Crippen LogP contribution in [0.25, 0.3) is 0 Å². The predicted octanol–water partition coefficient (Wildman–Crippen LogP) is 2.28. The minimum absolute atomic E-state index is 0. The predicted molar refractivity (Wildman–Crippen MR) is 89.4 cm³/mol. The van der Waals surface area contributed by atoms with Crippen LogP contribution in [0.2, 0.25) is 0 Å². The molecule has 104 valence electrons. The minimum atomic E-state index is 0. The van der Waals surface area contributed by atoms with Crippen molar-refractivity contribution in [3.63, 3.8) is 0 Å². The molecular formula is C12H22IN3OS. The summed E-state index contributed by atoms with van der Waals surface area (Å²) in [5, 5.41) is 8.60. The Labute approximate surface area is 130 Å². The molecule has 6 heteroatoms. The second kappa shape index (κ2) is 10.6. The van der Waals surface area contributed by atoms with Gasteiger partial charge in [-0.1, -0.05) is 13.0 Å². The van der Waals surface area contributed by atoms with Crippen LogP contribution in [0.1, 0.15) is 17.7 Å². The number of hydrogen-bond acceptors (Lipinski definition) is 3. The number of guanidine groups is 1. The summed E-state index contributed by atoms with van der Waals surface area (Å²) in [4.78, 5) is 5.55. The minimum Gasteiger partial charge on any atom is -0.383 e. The first-order chi connectivity index (χ1) is 8.27. The van der Waals surface area contributed by atoms with Gasteiger partial charge >= 0.3 is 0 Å². The zero-order chi connectivity index (χ0) is 12.5. The third-order valence-corrected chi connectivity index (χ3v) is 3.53. The van der Waals surface area contributed by atoms with Gasteiger partial charge in [-0.05, 0) is 11.4 Å². The normalized spacial score (nSPS) is 12.7. The lowest BCUT2D eigenvalue weighted by Crippen LogP contribution is -2.40. The molecule has 0 spiro atoms. The number of aliphatic imine (C=N–C) groups is 1. The van der Waals surface area contributed by atoms with Crippen molar-refractivity contribution >= 4 is 41.3 Å². The lowest BCUT2D eigenvalue weighted by atomic mass is 10.1. The van der Waals surface area contributed by atoms with Crippen molar-refractivity contribution in [1.82, 2.24) is 10.6 Å². The monoisotopic (exact) mass is 383 g/mol. The standard InChI is InChI=1S/C12H21N3OS.HI/c1-10(11-5-4-8-17-11)9-15-12(13-2)14-6-7-16-3;/h4-5,8,10H,6-7,9H2,1-3H3,(H2,13,14,15);1H. The van der Waals surface area contributed by atoms with Crippen molar-refractivity contribution in [1.29, 1.82) is 0 Å². The van der Waals surface area contributed by atoms with Gasteiger partial charge in [0.25, 0.3) is 0 Å². The highest BCUT2D eigenvalue weighted by atomic mass is 127. The van der Waals surface area contributed by atoms with E-state index in [1.54, 1.807) is 25.5 Å². The fourth-order valence-corrected chi connectivity index (χ4v) is 2.20. The highest BCUT2D eigenvalue weighted by molar-refractivity contribution is 14.0. The van der Waals surface area contributed by atoms with Crippen molar-refractivity contribution in [2.75, 3.05) is 33.9 Å². The number of rotatable bonds is 6. The van der Waals surface area contributed by atoms with Gasteiger partial charge in [-0.15, -0.1) is 35.3 Å². The van der Waals surface area contributed by atoms with E-state index in [0.29, 0.717) is 12.5 Å². The average molecular weight is 383 g/mol. The van der Waals surface area contributed by atoms with E-state index in [0.717, 1.165) is 19.0 Å². The van der Waals surface area contributed by atoms with Gasteiger partial charge in [-0.2, -0.15) is 0 Å². The van der Waals surface area contributed by atoms with E-state index in [1.165, 1.54) is 4.88 Å². The lowest BCUT2D eigenvalue weighted by Gasteiger charge is -2.14. The molecule has 18 heavy (non-hydrogen) atoms. The Morgan fingerprint density at radius 3 is 2.83 bits per heavy atom. The molecule has 0 aliphatic heterocycles. The summed E-state index contributed by atoms with van der Waals surface area (Å²) in [5.74, 6) is 1.32. The van der Waals surface area contributed by atoms with Crippen LogP contribution in [0.3, 0.4) is 0 Å². The Kier molecular flexibility index (Phi) is 10.4. The molecule has 4 nitrogen and oxygen atoms in total. The van der Waals surface area contributed by atoms with Crippen LogP contribution >= 0.6 is 35.3 Å². The summed E-state index contributed by atoms with van der Waals surface area (Å²) in [6.07, 6.45) is 0. The summed E-state index contributed by atoms with van der Waals surface area (Å²) >= 11 is 1.79. The second-order valence-electron chi connectivity index (χ2n) is 3.79. The van der Waals surface area contributed by atoms with Gasteiger partial charge in [0.15, 0.2) is 5.96 Å². The molecule has 1 atom stereocenters. The maximum atomic E-state index is 4.98. The molecule has 0 amide bonds. The maximum Gasteiger partial charge on any atom is 0.191 e. The van der Waals surface area contributed by atoms with Crippen molar-refractivity contribution in [3.05, 3.63) is 22.4 Å². The van der Waals surface area contributed by atoms with Gasteiger partial charge in [-0.3, -0.25) is 4.99 Å². The maximum absolute atomic E-state index is 4.98. The molecule has 0 aliphatic rings. The molecule has 0 bridgehead atoms. The molecule has 0 saturated carbocycles. The highest BCUT2D eigenvalue weighted by Crippen LogP contribution is 2.19. The van der Waals surface area contributed by atoms with Crippen molar-refractivity contribution < 1.29 is 4.74 Å². The van der Waals surface area contributed by atoms with Crippen LogP contribution in [-0.2, 0) is 4.74 Å². The third-order valence-electron chi connectivity index (χ3n) is 2.43. The molecule has 1 heterocycles. The molecule has 2 N–H and O–H groups in total. The van der Waals surface area contributed by atoms with E-state index < -0.39 is 0 Å². The number of hydrogen-bond donors (Lipinski definition) is 2. The number of nitrogens with zero attached hydrogens (tertiary/aromatic N) is 1. The van der Waals surface area contributed by atoms with E-state index in [4.69, 9.17) is 4.74 Å². The fourth-order valence-electron chi connectivity index (χ4n) is 1.41. The Balaban J connectivity index is 0.00000289. The van der Waals surface area contributed by atoms with Crippen LogP contribution in [0.15, 0.2) is 22.5 Å². The molecule has 0 aliphatic carbocycles. The molecule has 0 aromatic carbocycles. The van der Waals surface area contributed by atoms with Crippen molar-refractivity contribution in [2.45, 2.75) is 12.8 Å². The highest BCUT2D eigenvalue weighted by Gasteiger charge is 2.06. The summed E-state index contributed by atoms with van der Waals surface area (Å²) < 4.78 is 4.98. The first kappa shape index (κ1) is 17.7. The second-order valence-corrected chi connectivity index (χ2v) is 4.77. The van der Waals surface area contributed by atoms with E-state index in [9.17, 15) is 0 Å². The zero-order valence-corrected chi connectivity index (χ0v) is 14.2. The summed E-state index contributed by atoms with van der Waals surface area (Å²) in [6.45, 7) is 4.54. The largest absolute Gasteiger partial charge is 0.383 e. The number of ether oxygens (including phenoxy) is 1. The van der Waals surface area contributed by atoms with Crippen LogP contribution < -0.4 is 10.6 Å². The number of methoxy groups -OCH3 is 1. The Bertz CT molecular complexity index is 330. The molecule has 1 rings (SSSR count). The Hall–Kier alpha value is -0.340. The van der Waals surface area contributed by atoms with Crippen LogP contribution in [0, 0.1) is 0 Å². The molecule has 1 aromatic heterocycles. The van der Waals surface area contributed by atoms with E-state index >= 15 is 0 Å². The van der Waals surface area contributed by atoms with Gasteiger partial charge in [0, 0.05) is 38.0 Å². The van der Waals surface area contributed by atoms with Gasteiger partial charge in [0.1, 0.15) is 0 Å². The molecule has 1 aromatic rings. The van der Waals surface area contributed by atoms with Gasteiger partial charge < -0.3 is 15.4 Å². The third kappa shape index (κ3) is 6.55. The van der Waals surface area contributed by atoms with Crippen molar-refractivity contribution in [3.8, 4) is 0 Å². The van der Waals surface area contributed by atoms with E-state index in [1.807, 2.05) is 0 Å². The molecule has 0 radical (unpaired) electrons. The lowest BCUT2D eigenvalue weighted by molar-refractivity contribution is 0.203. The first-order valence-electron chi connectivity index (χ1n) is 5.74. The Morgan fingerprint density at radius 1 is 1.50 bits per heavy atom.